The fourth-order valence-corrected chi connectivity index (χ4v) is 1.24. The SMILES string of the molecule is C=COCc1cccc(COC(=O)C(=C)C)c1. The Morgan fingerprint density at radius 3 is 2.59 bits per heavy atom. The van der Waals surface area contributed by atoms with Gasteiger partial charge in [0.05, 0.1) is 6.26 Å². The lowest BCUT2D eigenvalue weighted by Gasteiger charge is -2.06. The molecule has 0 saturated carbocycles. The third-order valence-electron chi connectivity index (χ3n) is 2.08. The number of esters is 1. The molecule has 0 aliphatic carbocycles. The molecular weight excluding hydrogens is 216 g/mol. The van der Waals surface area contributed by atoms with Gasteiger partial charge in [-0.05, 0) is 24.1 Å². The molecule has 0 spiro atoms. The minimum Gasteiger partial charge on any atom is -0.497 e. The van der Waals surface area contributed by atoms with Gasteiger partial charge in [-0.25, -0.2) is 4.79 Å². The molecule has 0 aliphatic rings. The van der Waals surface area contributed by atoms with Crippen molar-refractivity contribution in [1.82, 2.24) is 0 Å². The molecule has 0 unspecified atom stereocenters. The van der Waals surface area contributed by atoms with Gasteiger partial charge in [0.15, 0.2) is 0 Å². The molecule has 0 bridgehead atoms. The Labute approximate surface area is 101 Å². The third-order valence-corrected chi connectivity index (χ3v) is 2.08. The highest BCUT2D eigenvalue weighted by atomic mass is 16.5. The Bertz CT molecular complexity index is 421. The normalized spacial score (nSPS) is 9.47. The highest BCUT2D eigenvalue weighted by Gasteiger charge is 2.03. The van der Waals surface area contributed by atoms with Crippen LogP contribution in [0.4, 0.5) is 0 Å². The van der Waals surface area contributed by atoms with Crippen molar-refractivity contribution in [1.29, 1.82) is 0 Å². The van der Waals surface area contributed by atoms with Gasteiger partial charge in [-0.1, -0.05) is 31.4 Å². The van der Waals surface area contributed by atoms with Crippen LogP contribution < -0.4 is 0 Å². The molecule has 0 heterocycles. The van der Waals surface area contributed by atoms with Crippen LogP contribution >= 0.6 is 0 Å². The van der Waals surface area contributed by atoms with Crippen molar-refractivity contribution in [3.63, 3.8) is 0 Å². The molecule has 17 heavy (non-hydrogen) atoms. The number of hydrogen-bond acceptors (Lipinski definition) is 3. The first kappa shape index (κ1) is 13.0. The zero-order chi connectivity index (χ0) is 12.7. The van der Waals surface area contributed by atoms with Gasteiger partial charge in [-0.2, -0.15) is 0 Å². The minimum absolute atomic E-state index is 0.244. The summed E-state index contributed by atoms with van der Waals surface area (Å²) in [7, 11) is 0. The van der Waals surface area contributed by atoms with Crippen LogP contribution in [0.2, 0.25) is 0 Å². The van der Waals surface area contributed by atoms with E-state index in [4.69, 9.17) is 9.47 Å². The first-order valence-electron chi connectivity index (χ1n) is 5.26. The molecular formula is C14H16O3. The van der Waals surface area contributed by atoms with Crippen molar-refractivity contribution in [3.05, 3.63) is 60.4 Å². The van der Waals surface area contributed by atoms with Crippen LogP contribution in [0.1, 0.15) is 18.1 Å². The Balaban J connectivity index is 2.56. The first-order valence-corrected chi connectivity index (χ1v) is 5.26. The van der Waals surface area contributed by atoms with E-state index < -0.39 is 0 Å². The van der Waals surface area contributed by atoms with Crippen molar-refractivity contribution < 1.29 is 14.3 Å². The number of hydrogen-bond donors (Lipinski definition) is 0. The van der Waals surface area contributed by atoms with E-state index in [0.29, 0.717) is 12.2 Å². The number of carbonyl (C=O) groups is 1. The molecule has 90 valence electrons. The third kappa shape index (κ3) is 4.55. The number of ether oxygens (including phenoxy) is 2. The summed E-state index contributed by atoms with van der Waals surface area (Å²) in [6, 6.07) is 7.65. The largest absolute Gasteiger partial charge is 0.497 e. The standard InChI is InChI=1S/C14H16O3/c1-4-16-9-12-6-5-7-13(8-12)10-17-14(15)11(2)3/h4-8H,1-2,9-10H2,3H3. The van der Waals surface area contributed by atoms with E-state index in [2.05, 4.69) is 13.2 Å². The van der Waals surface area contributed by atoms with E-state index in [-0.39, 0.29) is 12.6 Å². The smallest absolute Gasteiger partial charge is 0.333 e. The topological polar surface area (TPSA) is 35.5 Å². The van der Waals surface area contributed by atoms with Crippen LogP contribution in [0.5, 0.6) is 0 Å². The average molecular weight is 232 g/mol. The molecule has 3 heteroatoms. The van der Waals surface area contributed by atoms with Crippen molar-refractivity contribution in [2.24, 2.45) is 0 Å². The Kier molecular flexibility index (Phi) is 5.01. The zero-order valence-electron chi connectivity index (χ0n) is 9.94. The number of benzene rings is 1. The maximum absolute atomic E-state index is 11.2. The van der Waals surface area contributed by atoms with Crippen LogP contribution in [0, 0.1) is 0 Å². The number of rotatable bonds is 6. The molecule has 0 radical (unpaired) electrons. The van der Waals surface area contributed by atoms with Crippen LogP contribution in [-0.2, 0) is 27.5 Å². The van der Waals surface area contributed by atoms with Crippen LogP contribution in [0.15, 0.2) is 49.3 Å². The van der Waals surface area contributed by atoms with Crippen LogP contribution in [-0.4, -0.2) is 5.97 Å². The summed E-state index contributed by atoms with van der Waals surface area (Å²) in [5.41, 5.74) is 2.33. The molecule has 1 aromatic carbocycles. The zero-order valence-corrected chi connectivity index (χ0v) is 9.94. The molecule has 0 saturated heterocycles. The summed E-state index contributed by atoms with van der Waals surface area (Å²) < 4.78 is 10.1. The fraction of sp³-hybridized carbons (Fsp3) is 0.214. The second-order valence-electron chi connectivity index (χ2n) is 3.65. The molecule has 0 atom stereocenters. The number of carbonyl (C=O) groups excluding carboxylic acids is 1. The van der Waals surface area contributed by atoms with Crippen LogP contribution in [0.3, 0.4) is 0 Å². The van der Waals surface area contributed by atoms with Crippen molar-refractivity contribution >= 4 is 5.97 Å². The van der Waals surface area contributed by atoms with Crippen molar-refractivity contribution in [3.8, 4) is 0 Å². The summed E-state index contributed by atoms with van der Waals surface area (Å²) in [5.74, 6) is -0.377. The van der Waals surface area contributed by atoms with Crippen LogP contribution in [0.25, 0.3) is 0 Å². The van der Waals surface area contributed by atoms with Gasteiger partial charge in [-0.15, -0.1) is 0 Å². The van der Waals surface area contributed by atoms with E-state index in [1.165, 1.54) is 6.26 Å². The van der Waals surface area contributed by atoms with Gasteiger partial charge in [0.2, 0.25) is 0 Å². The van der Waals surface area contributed by atoms with E-state index in [1.54, 1.807) is 6.92 Å². The van der Waals surface area contributed by atoms with E-state index >= 15 is 0 Å². The molecule has 1 aromatic rings. The second kappa shape index (κ2) is 6.53. The van der Waals surface area contributed by atoms with Gasteiger partial charge in [0.1, 0.15) is 13.2 Å². The second-order valence-corrected chi connectivity index (χ2v) is 3.65. The predicted octanol–water partition coefficient (Wildman–Crippen LogP) is 2.97. The average Bonchev–Trinajstić information content (AvgIpc) is 2.33. The Morgan fingerprint density at radius 1 is 1.35 bits per heavy atom. The van der Waals surface area contributed by atoms with Gasteiger partial charge in [0, 0.05) is 5.57 Å². The lowest BCUT2D eigenvalue weighted by molar-refractivity contribution is -0.140. The lowest BCUT2D eigenvalue weighted by Crippen LogP contribution is -2.05. The molecule has 3 nitrogen and oxygen atoms in total. The minimum atomic E-state index is -0.377. The summed E-state index contributed by atoms with van der Waals surface area (Å²) >= 11 is 0. The van der Waals surface area contributed by atoms with Gasteiger partial charge in [-0.3, -0.25) is 0 Å². The summed E-state index contributed by atoms with van der Waals surface area (Å²) in [6.07, 6.45) is 1.40. The van der Waals surface area contributed by atoms with Gasteiger partial charge in [0.25, 0.3) is 0 Å². The molecule has 0 aliphatic heterocycles. The summed E-state index contributed by atoms with van der Waals surface area (Å²) in [6.45, 7) is 9.33. The van der Waals surface area contributed by atoms with E-state index in [1.807, 2.05) is 24.3 Å². The van der Waals surface area contributed by atoms with E-state index in [0.717, 1.165) is 11.1 Å². The molecule has 0 fully saturated rings. The summed E-state index contributed by atoms with van der Waals surface area (Å²) in [4.78, 5) is 11.2. The first-order chi connectivity index (χ1) is 8.13. The van der Waals surface area contributed by atoms with Crippen molar-refractivity contribution in [2.45, 2.75) is 20.1 Å². The quantitative estimate of drug-likeness (QED) is 0.429. The highest BCUT2D eigenvalue weighted by Crippen LogP contribution is 2.09. The van der Waals surface area contributed by atoms with Gasteiger partial charge < -0.3 is 9.47 Å². The lowest BCUT2D eigenvalue weighted by atomic mass is 10.1. The van der Waals surface area contributed by atoms with Crippen molar-refractivity contribution in [2.75, 3.05) is 0 Å². The fourth-order valence-electron chi connectivity index (χ4n) is 1.24. The highest BCUT2D eigenvalue weighted by molar-refractivity contribution is 5.86. The maximum atomic E-state index is 11.2. The molecule has 1 rings (SSSR count). The molecule has 0 N–H and O–H groups in total. The monoisotopic (exact) mass is 232 g/mol. The predicted molar refractivity (Wildman–Crippen MR) is 66.0 cm³/mol. The molecule has 0 amide bonds. The Morgan fingerprint density at radius 2 is 2.00 bits per heavy atom. The van der Waals surface area contributed by atoms with E-state index in [9.17, 15) is 4.79 Å². The molecule has 0 aromatic heterocycles. The van der Waals surface area contributed by atoms with Gasteiger partial charge >= 0.3 is 5.97 Å². The summed E-state index contributed by atoms with van der Waals surface area (Å²) in [5, 5.41) is 0. The Hall–Kier alpha value is -2.03. The maximum Gasteiger partial charge on any atom is 0.333 e.